The van der Waals surface area contributed by atoms with Gasteiger partial charge in [-0.05, 0) is 23.6 Å². The van der Waals surface area contributed by atoms with Crippen LogP contribution in [0.5, 0.6) is 0 Å². The first-order valence-corrected chi connectivity index (χ1v) is 5.87. The number of aromatic nitrogens is 2. The van der Waals surface area contributed by atoms with Gasteiger partial charge in [-0.3, -0.25) is 9.48 Å². The van der Waals surface area contributed by atoms with Crippen molar-refractivity contribution < 1.29 is 4.79 Å². The van der Waals surface area contributed by atoms with E-state index in [0.29, 0.717) is 5.02 Å². The van der Waals surface area contributed by atoms with Gasteiger partial charge >= 0.3 is 0 Å². The molecule has 0 bridgehead atoms. The van der Waals surface area contributed by atoms with Gasteiger partial charge < -0.3 is 0 Å². The Morgan fingerprint density at radius 3 is 3.00 bits per heavy atom. The van der Waals surface area contributed by atoms with E-state index < -0.39 is 0 Å². The Labute approximate surface area is 102 Å². The predicted octanol–water partition coefficient (Wildman–Crippen LogP) is 3.03. The Balaban J connectivity index is 2.19. The fraction of sp³-hybridized carbons (Fsp3) is 0.0909. The molecule has 16 heavy (non-hydrogen) atoms. The molecule has 2 rings (SSSR count). The first kappa shape index (κ1) is 11.1. The number of carbonyl (C=O) groups excluding carboxylic acids is 1. The van der Waals surface area contributed by atoms with Crippen LogP contribution in [0.4, 0.5) is 0 Å². The average Bonchev–Trinajstić information content (AvgIpc) is 2.87. The van der Waals surface area contributed by atoms with Crippen LogP contribution in [0.15, 0.2) is 29.8 Å². The number of halogens is 1. The second kappa shape index (κ2) is 4.63. The van der Waals surface area contributed by atoms with Crippen molar-refractivity contribution in [2.75, 3.05) is 0 Å². The number of rotatable bonds is 3. The Morgan fingerprint density at radius 1 is 1.62 bits per heavy atom. The molecule has 0 radical (unpaired) electrons. The monoisotopic (exact) mass is 252 g/mol. The van der Waals surface area contributed by atoms with Gasteiger partial charge in [-0.1, -0.05) is 17.7 Å². The summed E-state index contributed by atoms with van der Waals surface area (Å²) in [6.45, 7) is 0. The van der Waals surface area contributed by atoms with E-state index in [2.05, 4.69) is 5.10 Å². The van der Waals surface area contributed by atoms with Gasteiger partial charge in [-0.2, -0.15) is 5.10 Å². The molecule has 5 heteroatoms. The Kier molecular flexibility index (Phi) is 3.22. The van der Waals surface area contributed by atoms with Crippen LogP contribution in [0, 0.1) is 0 Å². The van der Waals surface area contributed by atoms with Crippen LogP contribution in [0.3, 0.4) is 0 Å². The summed E-state index contributed by atoms with van der Waals surface area (Å²) in [5, 5.41) is 6.39. The van der Waals surface area contributed by atoms with Crippen molar-refractivity contribution in [3.63, 3.8) is 0 Å². The zero-order chi connectivity index (χ0) is 11.5. The van der Waals surface area contributed by atoms with Gasteiger partial charge in [-0.25, -0.2) is 0 Å². The van der Waals surface area contributed by atoms with E-state index in [1.165, 1.54) is 17.4 Å². The molecule has 0 aliphatic heterocycles. The third kappa shape index (κ3) is 2.23. The normalized spacial score (nSPS) is 11.1. The molecular weight excluding hydrogens is 244 g/mol. The van der Waals surface area contributed by atoms with Crippen molar-refractivity contribution in [2.45, 2.75) is 0 Å². The molecule has 3 nitrogen and oxygen atoms in total. The van der Waals surface area contributed by atoms with Gasteiger partial charge in [0.1, 0.15) is 0 Å². The molecule has 0 amide bonds. The molecule has 0 unspecified atom stereocenters. The zero-order valence-electron chi connectivity index (χ0n) is 8.55. The molecule has 0 atom stereocenters. The van der Waals surface area contributed by atoms with Gasteiger partial charge in [-0.15, -0.1) is 11.3 Å². The number of hydrogen-bond donors (Lipinski definition) is 0. The lowest BCUT2D eigenvalue weighted by Crippen LogP contribution is -1.94. The highest BCUT2D eigenvalue weighted by Crippen LogP contribution is 2.16. The molecule has 0 aliphatic carbocycles. The van der Waals surface area contributed by atoms with Gasteiger partial charge in [0, 0.05) is 7.05 Å². The molecule has 2 aromatic rings. The molecule has 0 saturated heterocycles. The predicted molar refractivity (Wildman–Crippen MR) is 65.9 cm³/mol. The summed E-state index contributed by atoms with van der Waals surface area (Å²) in [4.78, 5) is 12.4. The lowest BCUT2D eigenvalue weighted by atomic mass is 10.2. The van der Waals surface area contributed by atoms with Crippen molar-refractivity contribution in [3.05, 3.63) is 45.4 Å². The fourth-order valence-electron chi connectivity index (χ4n) is 1.26. The molecular formula is C11H9ClN2OS. The lowest BCUT2D eigenvalue weighted by Gasteiger charge is -1.94. The maximum atomic E-state index is 11.7. The second-order valence-corrected chi connectivity index (χ2v) is 4.53. The summed E-state index contributed by atoms with van der Waals surface area (Å²) < 4.78 is 1.63. The number of carbonyl (C=O) groups is 1. The molecule has 0 N–H and O–H groups in total. The number of nitrogens with zero attached hydrogens (tertiary/aromatic N) is 2. The van der Waals surface area contributed by atoms with E-state index in [1.54, 1.807) is 30.1 Å². The van der Waals surface area contributed by atoms with Gasteiger partial charge in [0.05, 0.1) is 21.8 Å². The van der Waals surface area contributed by atoms with E-state index in [4.69, 9.17) is 11.6 Å². The summed E-state index contributed by atoms with van der Waals surface area (Å²) in [7, 11) is 1.78. The average molecular weight is 253 g/mol. The third-order valence-electron chi connectivity index (χ3n) is 2.09. The second-order valence-electron chi connectivity index (χ2n) is 3.18. The number of ketones is 1. The number of allylic oxidation sites excluding steroid dienone is 1. The zero-order valence-corrected chi connectivity index (χ0v) is 10.1. The summed E-state index contributed by atoms with van der Waals surface area (Å²) in [5.41, 5.74) is 0.728. The van der Waals surface area contributed by atoms with E-state index in [1.807, 2.05) is 11.4 Å². The van der Waals surface area contributed by atoms with Gasteiger partial charge in [0.15, 0.2) is 5.78 Å². The summed E-state index contributed by atoms with van der Waals surface area (Å²) >= 11 is 7.33. The van der Waals surface area contributed by atoms with Crippen LogP contribution in [-0.4, -0.2) is 15.6 Å². The first-order chi connectivity index (χ1) is 7.68. The Morgan fingerprint density at radius 2 is 2.44 bits per heavy atom. The molecule has 82 valence electrons. The van der Waals surface area contributed by atoms with E-state index >= 15 is 0 Å². The maximum absolute atomic E-state index is 11.7. The Hall–Kier alpha value is -1.39. The van der Waals surface area contributed by atoms with Crippen LogP contribution in [0.1, 0.15) is 15.4 Å². The van der Waals surface area contributed by atoms with Crippen molar-refractivity contribution in [3.8, 4) is 0 Å². The highest BCUT2D eigenvalue weighted by Gasteiger charge is 2.05. The summed E-state index contributed by atoms with van der Waals surface area (Å²) in [6, 6.07) is 3.64. The molecule has 2 heterocycles. The van der Waals surface area contributed by atoms with Gasteiger partial charge in [0.2, 0.25) is 0 Å². The number of aryl methyl sites for hydroxylation is 1. The highest BCUT2D eigenvalue weighted by atomic mass is 35.5. The van der Waals surface area contributed by atoms with E-state index in [9.17, 15) is 4.79 Å². The molecule has 0 spiro atoms. The molecule has 0 aliphatic rings. The smallest absolute Gasteiger partial charge is 0.195 e. The van der Waals surface area contributed by atoms with Crippen LogP contribution >= 0.6 is 22.9 Å². The highest BCUT2D eigenvalue weighted by molar-refractivity contribution is 7.12. The van der Waals surface area contributed by atoms with Crippen LogP contribution < -0.4 is 0 Å². The molecule has 0 saturated carbocycles. The summed E-state index contributed by atoms with van der Waals surface area (Å²) in [6.07, 6.45) is 4.74. The largest absolute Gasteiger partial charge is 0.288 e. The molecule has 2 aromatic heterocycles. The van der Waals surface area contributed by atoms with Crippen molar-refractivity contribution in [2.24, 2.45) is 7.05 Å². The van der Waals surface area contributed by atoms with E-state index in [-0.39, 0.29) is 5.78 Å². The van der Waals surface area contributed by atoms with Crippen LogP contribution in [0.25, 0.3) is 6.08 Å². The minimum absolute atomic E-state index is 0.0210. The van der Waals surface area contributed by atoms with Crippen molar-refractivity contribution in [1.29, 1.82) is 0 Å². The lowest BCUT2D eigenvalue weighted by molar-refractivity contribution is 0.105. The van der Waals surface area contributed by atoms with Crippen molar-refractivity contribution in [1.82, 2.24) is 9.78 Å². The number of thiophene rings is 1. The minimum atomic E-state index is -0.0210. The summed E-state index contributed by atoms with van der Waals surface area (Å²) in [5.74, 6) is -0.0210. The standard InChI is InChI=1S/C11H9ClN2OS/c1-14-9(8(12)7-13-14)4-5-10(15)11-3-2-6-16-11/h2-7H,1H3/b5-4+. The molecule has 0 fully saturated rings. The SMILES string of the molecule is Cn1ncc(Cl)c1/C=C/C(=O)c1cccs1. The minimum Gasteiger partial charge on any atom is -0.288 e. The van der Waals surface area contributed by atoms with Crippen LogP contribution in [0.2, 0.25) is 5.02 Å². The molecule has 0 aromatic carbocycles. The van der Waals surface area contributed by atoms with E-state index in [0.717, 1.165) is 10.6 Å². The quantitative estimate of drug-likeness (QED) is 0.622. The first-order valence-electron chi connectivity index (χ1n) is 4.62. The van der Waals surface area contributed by atoms with Crippen LogP contribution in [-0.2, 0) is 7.05 Å². The fourth-order valence-corrected chi connectivity index (χ4v) is 2.14. The Bertz CT molecular complexity index is 509. The maximum Gasteiger partial charge on any atom is 0.195 e. The third-order valence-corrected chi connectivity index (χ3v) is 3.27. The van der Waals surface area contributed by atoms with Crippen molar-refractivity contribution >= 4 is 34.8 Å². The topological polar surface area (TPSA) is 34.9 Å². The van der Waals surface area contributed by atoms with Gasteiger partial charge in [0.25, 0.3) is 0 Å². The number of hydrogen-bond acceptors (Lipinski definition) is 3.